The van der Waals surface area contributed by atoms with E-state index in [2.05, 4.69) is 28.5 Å². The number of nitrogens with zero attached hydrogens (tertiary/aromatic N) is 1. The lowest BCUT2D eigenvalue weighted by molar-refractivity contribution is 0.0696. The van der Waals surface area contributed by atoms with E-state index in [1.807, 2.05) is 41.4 Å². The average Bonchev–Trinajstić information content (AvgIpc) is 3.23. The first-order valence-electron chi connectivity index (χ1n) is 7.55. The number of H-pyrrole nitrogens is 1. The molecule has 3 heterocycles. The third kappa shape index (κ3) is 1.24. The molecule has 1 atom stereocenters. The molecule has 1 fully saturated rings. The van der Waals surface area contributed by atoms with Gasteiger partial charge in [-0.25, -0.2) is 0 Å². The zero-order valence-electron chi connectivity index (χ0n) is 12.0. The van der Waals surface area contributed by atoms with Crippen LogP contribution in [0.2, 0.25) is 0 Å². The quantitative estimate of drug-likeness (QED) is 0.723. The first-order chi connectivity index (χ1) is 10.8. The largest absolute Gasteiger partial charge is 0.361 e. The van der Waals surface area contributed by atoms with Crippen LogP contribution in [0.15, 0.2) is 54.7 Å². The Balaban J connectivity index is 1.87. The summed E-state index contributed by atoms with van der Waals surface area (Å²) in [6.45, 7) is 1.53. The fourth-order valence-corrected chi connectivity index (χ4v) is 3.99. The monoisotopic (exact) mass is 289 g/mol. The van der Waals surface area contributed by atoms with Crippen LogP contribution in [0.1, 0.15) is 21.5 Å². The molecular formula is C18H15N3O. The maximum absolute atomic E-state index is 12.8. The summed E-state index contributed by atoms with van der Waals surface area (Å²) in [6, 6.07) is 16.2. The molecule has 1 aromatic heterocycles. The van der Waals surface area contributed by atoms with E-state index >= 15 is 0 Å². The van der Waals surface area contributed by atoms with E-state index in [1.165, 1.54) is 0 Å². The molecule has 0 spiro atoms. The molecule has 2 N–H and O–H groups in total. The summed E-state index contributed by atoms with van der Waals surface area (Å²) in [5.74, 6) is 0.117. The SMILES string of the molecule is O=C1c2ccccc2C2(c3c[nH]c4ccccc34)NCCN12. The van der Waals surface area contributed by atoms with Gasteiger partial charge in [-0.15, -0.1) is 0 Å². The Bertz CT molecular complexity index is 913. The van der Waals surface area contributed by atoms with Crippen LogP contribution in [0, 0.1) is 0 Å². The molecule has 2 aliphatic heterocycles. The second kappa shape index (κ2) is 3.99. The summed E-state index contributed by atoms with van der Waals surface area (Å²) in [5, 5.41) is 4.76. The molecule has 1 unspecified atom stereocenters. The number of fused-ring (bicyclic) bond motifs is 4. The smallest absolute Gasteiger partial charge is 0.256 e. The van der Waals surface area contributed by atoms with Crippen molar-refractivity contribution < 1.29 is 4.79 Å². The molecule has 0 bridgehead atoms. The minimum Gasteiger partial charge on any atom is -0.361 e. The number of para-hydroxylation sites is 1. The predicted octanol–water partition coefficient (Wildman–Crippen LogP) is 2.43. The van der Waals surface area contributed by atoms with Crippen LogP contribution in [0.4, 0.5) is 0 Å². The molecule has 3 aromatic rings. The normalized spacial score (nSPS) is 23.1. The van der Waals surface area contributed by atoms with Crippen molar-refractivity contribution in [1.29, 1.82) is 0 Å². The van der Waals surface area contributed by atoms with Crippen molar-refractivity contribution in [3.05, 3.63) is 71.4 Å². The van der Waals surface area contributed by atoms with Gasteiger partial charge in [-0.3, -0.25) is 10.1 Å². The molecule has 2 aromatic carbocycles. The number of benzene rings is 2. The summed E-state index contributed by atoms with van der Waals surface area (Å²) in [5.41, 5.74) is 3.55. The second-order valence-electron chi connectivity index (χ2n) is 5.89. The Kier molecular flexibility index (Phi) is 2.18. The Morgan fingerprint density at radius 3 is 2.77 bits per heavy atom. The van der Waals surface area contributed by atoms with E-state index in [9.17, 15) is 4.79 Å². The van der Waals surface area contributed by atoms with E-state index in [0.29, 0.717) is 0 Å². The number of nitrogens with one attached hydrogen (secondary N) is 2. The topological polar surface area (TPSA) is 48.1 Å². The number of hydrogen-bond acceptors (Lipinski definition) is 2. The van der Waals surface area contributed by atoms with Gasteiger partial charge in [-0.05, 0) is 12.1 Å². The van der Waals surface area contributed by atoms with Crippen LogP contribution in [0.5, 0.6) is 0 Å². The van der Waals surface area contributed by atoms with Crippen molar-refractivity contribution in [3.8, 4) is 0 Å². The maximum Gasteiger partial charge on any atom is 0.256 e. The number of hydrogen-bond donors (Lipinski definition) is 2. The fraction of sp³-hybridized carbons (Fsp3) is 0.167. The van der Waals surface area contributed by atoms with E-state index in [1.54, 1.807) is 0 Å². The zero-order valence-corrected chi connectivity index (χ0v) is 12.0. The zero-order chi connectivity index (χ0) is 14.7. The first kappa shape index (κ1) is 12.0. The number of aromatic nitrogens is 1. The lowest BCUT2D eigenvalue weighted by Crippen LogP contribution is -2.46. The minimum atomic E-state index is -0.534. The Morgan fingerprint density at radius 1 is 1.00 bits per heavy atom. The molecule has 4 heteroatoms. The van der Waals surface area contributed by atoms with Gasteiger partial charge < -0.3 is 9.88 Å². The van der Waals surface area contributed by atoms with Crippen molar-refractivity contribution in [2.75, 3.05) is 13.1 Å². The highest BCUT2D eigenvalue weighted by atomic mass is 16.2. The van der Waals surface area contributed by atoms with E-state index < -0.39 is 5.66 Å². The van der Waals surface area contributed by atoms with E-state index in [4.69, 9.17) is 0 Å². The van der Waals surface area contributed by atoms with E-state index in [-0.39, 0.29) is 5.91 Å². The molecule has 5 rings (SSSR count). The van der Waals surface area contributed by atoms with Crippen molar-refractivity contribution >= 4 is 16.8 Å². The van der Waals surface area contributed by atoms with Gasteiger partial charge in [0.25, 0.3) is 5.91 Å². The summed E-state index contributed by atoms with van der Waals surface area (Å²) in [6.07, 6.45) is 2.03. The van der Waals surface area contributed by atoms with Crippen LogP contribution in [0.25, 0.3) is 10.9 Å². The third-order valence-electron chi connectivity index (χ3n) is 4.89. The molecule has 0 saturated carbocycles. The molecule has 2 aliphatic rings. The van der Waals surface area contributed by atoms with Gasteiger partial charge in [0.05, 0.1) is 0 Å². The predicted molar refractivity (Wildman–Crippen MR) is 84.6 cm³/mol. The van der Waals surface area contributed by atoms with Crippen molar-refractivity contribution in [3.63, 3.8) is 0 Å². The molecule has 0 aliphatic carbocycles. The maximum atomic E-state index is 12.8. The lowest BCUT2D eigenvalue weighted by Gasteiger charge is -2.32. The number of carbonyl (C=O) groups excluding carboxylic acids is 1. The van der Waals surface area contributed by atoms with Crippen LogP contribution in [-0.4, -0.2) is 28.9 Å². The summed E-state index contributed by atoms with van der Waals surface area (Å²) in [7, 11) is 0. The van der Waals surface area contributed by atoms with Gasteiger partial charge in [-0.1, -0.05) is 36.4 Å². The molecule has 1 saturated heterocycles. The Morgan fingerprint density at radius 2 is 1.82 bits per heavy atom. The fourth-order valence-electron chi connectivity index (χ4n) is 3.99. The van der Waals surface area contributed by atoms with E-state index in [0.717, 1.165) is 40.7 Å². The number of aromatic amines is 1. The Labute approximate surface area is 127 Å². The van der Waals surface area contributed by atoms with Gasteiger partial charge in [0, 0.05) is 46.9 Å². The number of carbonyl (C=O) groups is 1. The summed E-state index contributed by atoms with van der Waals surface area (Å²) < 4.78 is 0. The first-order valence-corrected chi connectivity index (χ1v) is 7.55. The van der Waals surface area contributed by atoms with Gasteiger partial charge >= 0.3 is 0 Å². The summed E-state index contributed by atoms with van der Waals surface area (Å²) in [4.78, 5) is 18.1. The van der Waals surface area contributed by atoms with Crippen molar-refractivity contribution in [2.45, 2.75) is 5.66 Å². The van der Waals surface area contributed by atoms with Gasteiger partial charge in [0.2, 0.25) is 0 Å². The highest BCUT2D eigenvalue weighted by Crippen LogP contribution is 2.46. The van der Waals surface area contributed by atoms with Crippen LogP contribution >= 0.6 is 0 Å². The minimum absolute atomic E-state index is 0.117. The van der Waals surface area contributed by atoms with Gasteiger partial charge in [-0.2, -0.15) is 0 Å². The second-order valence-corrected chi connectivity index (χ2v) is 5.89. The Hall–Kier alpha value is -2.59. The lowest BCUT2D eigenvalue weighted by atomic mass is 9.91. The van der Waals surface area contributed by atoms with Gasteiger partial charge in [0.1, 0.15) is 5.66 Å². The molecule has 108 valence electrons. The summed E-state index contributed by atoms with van der Waals surface area (Å²) >= 11 is 0. The van der Waals surface area contributed by atoms with Crippen LogP contribution in [0.3, 0.4) is 0 Å². The van der Waals surface area contributed by atoms with Crippen LogP contribution in [-0.2, 0) is 5.66 Å². The molecule has 1 amide bonds. The number of rotatable bonds is 1. The van der Waals surface area contributed by atoms with Gasteiger partial charge in [0.15, 0.2) is 0 Å². The average molecular weight is 289 g/mol. The highest BCUT2D eigenvalue weighted by Gasteiger charge is 2.54. The van der Waals surface area contributed by atoms with Crippen LogP contribution < -0.4 is 5.32 Å². The molecular weight excluding hydrogens is 274 g/mol. The highest BCUT2D eigenvalue weighted by molar-refractivity contribution is 6.02. The van der Waals surface area contributed by atoms with Crippen molar-refractivity contribution in [2.24, 2.45) is 0 Å². The molecule has 0 radical (unpaired) electrons. The molecule has 4 nitrogen and oxygen atoms in total. The standard InChI is InChI=1S/C18H15N3O/c22-17-13-6-1-3-7-14(13)18(20-9-10-21(17)18)15-11-19-16-8-4-2-5-12(15)16/h1-8,11,19-20H,9-10H2. The number of amides is 1. The molecule has 22 heavy (non-hydrogen) atoms. The van der Waals surface area contributed by atoms with Crippen molar-refractivity contribution in [1.82, 2.24) is 15.2 Å². The third-order valence-corrected chi connectivity index (χ3v) is 4.89.